The van der Waals surface area contributed by atoms with Gasteiger partial charge in [0.2, 0.25) is 5.91 Å². The van der Waals surface area contributed by atoms with Crippen LogP contribution >= 0.6 is 0 Å². The van der Waals surface area contributed by atoms with Gasteiger partial charge < -0.3 is 4.74 Å². The van der Waals surface area contributed by atoms with Gasteiger partial charge >= 0.3 is 5.97 Å². The summed E-state index contributed by atoms with van der Waals surface area (Å²) >= 11 is 0. The van der Waals surface area contributed by atoms with Gasteiger partial charge in [-0.1, -0.05) is 12.1 Å². The highest BCUT2D eigenvalue weighted by Gasteiger charge is 2.44. The Bertz CT molecular complexity index is 707. The number of piperidine rings is 1. The Labute approximate surface area is 147 Å². The zero-order valence-corrected chi connectivity index (χ0v) is 14.9. The number of hydrogen-bond donors (Lipinski definition) is 0. The summed E-state index contributed by atoms with van der Waals surface area (Å²) in [5.41, 5.74) is 2.61. The fraction of sp³-hybridized carbons (Fsp3) is 0.526. The maximum absolute atomic E-state index is 12.9. The number of hydrogen-bond acceptors (Lipinski definition) is 5. The number of anilines is 1. The second kappa shape index (κ2) is 6.96. The van der Waals surface area contributed by atoms with Gasteiger partial charge in [-0.15, -0.1) is 0 Å². The molecule has 0 aromatic heterocycles. The molecule has 25 heavy (non-hydrogen) atoms. The van der Waals surface area contributed by atoms with Gasteiger partial charge in [-0.3, -0.25) is 19.3 Å². The monoisotopic (exact) mass is 344 g/mol. The average molecular weight is 344 g/mol. The molecular formula is C19H24N2O4. The highest BCUT2D eigenvalue weighted by atomic mass is 16.5. The Balaban J connectivity index is 1.74. The topological polar surface area (TPSA) is 66.9 Å². The highest BCUT2D eigenvalue weighted by Crippen LogP contribution is 2.31. The molecule has 1 unspecified atom stereocenters. The van der Waals surface area contributed by atoms with Crippen molar-refractivity contribution in [3.05, 3.63) is 29.3 Å². The van der Waals surface area contributed by atoms with E-state index in [-0.39, 0.29) is 30.1 Å². The third-order valence-electron chi connectivity index (χ3n) is 5.23. The molecule has 2 aliphatic heterocycles. The molecule has 2 saturated heterocycles. The van der Waals surface area contributed by atoms with Crippen molar-refractivity contribution in [2.45, 2.75) is 39.2 Å². The fourth-order valence-electron chi connectivity index (χ4n) is 3.73. The number of carbonyl (C=O) groups is 3. The second-order valence-corrected chi connectivity index (χ2v) is 6.91. The normalized spacial score (nSPS) is 22.5. The van der Waals surface area contributed by atoms with Crippen LogP contribution in [0.5, 0.6) is 0 Å². The maximum atomic E-state index is 12.9. The summed E-state index contributed by atoms with van der Waals surface area (Å²) in [6, 6.07) is 5.36. The molecule has 0 bridgehead atoms. The summed E-state index contributed by atoms with van der Waals surface area (Å²) in [6.45, 7) is 5.11. The summed E-state index contributed by atoms with van der Waals surface area (Å²) in [5.74, 6) is -0.608. The Morgan fingerprint density at radius 3 is 2.48 bits per heavy atom. The van der Waals surface area contributed by atoms with E-state index in [0.717, 1.165) is 11.1 Å². The first-order valence-electron chi connectivity index (χ1n) is 8.68. The van der Waals surface area contributed by atoms with E-state index in [1.54, 1.807) is 0 Å². The number of methoxy groups -OCH3 is 1. The molecule has 0 aliphatic carbocycles. The minimum atomic E-state index is -0.425. The van der Waals surface area contributed by atoms with Crippen LogP contribution in [-0.4, -0.2) is 48.9 Å². The van der Waals surface area contributed by atoms with E-state index in [0.29, 0.717) is 31.6 Å². The number of amides is 2. The van der Waals surface area contributed by atoms with Crippen LogP contribution in [0.4, 0.5) is 5.69 Å². The van der Waals surface area contributed by atoms with Crippen LogP contribution < -0.4 is 4.90 Å². The number of likely N-dealkylation sites (tertiary alicyclic amines) is 1. The minimum Gasteiger partial charge on any atom is -0.469 e. The van der Waals surface area contributed by atoms with Crippen LogP contribution in [0.15, 0.2) is 18.2 Å². The van der Waals surface area contributed by atoms with Crippen molar-refractivity contribution in [1.29, 1.82) is 0 Å². The van der Waals surface area contributed by atoms with Gasteiger partial charge in [0.05, 0.1) is 31.2 Å². The lowest BCUT2D eigenvalue weighted by Crippen LogP contribution is -2.47. The molecule has 1 atom stereocenters. The first-order chi connectivity index (χ1) is 11.9. The lowest BCUT2D eigenvalue weighted by molar-refractivity contribution is -0.147. The zero-order chi connectivity index (χ0) is 18.1. The lowest BCUT2D eigenvalue weighted by Gasteiger charge is -2.33. The molecule has 0 spiro atoms. The molecule has 6 heteroatoms. The predicted octanol–water partition coefficient (Wildman–Crippen LogP) is 1.82. The number of aryl methyl sites for hydroxylation is 2. The number of rotatable bonds is 3. The van der Waals surface area contributed by atoms with E-state index < -0.39 is 6.04 Å². The lowest BCUT2D eigenvalue weighted by atomic mass is 9.95. The maximum Gasteiger partial charge on any atom is 0.308 e. The Kier molecular flexibility index (Phi) is 4.90. The standard InChI is InChI=1S/C19H24N2O4/c1-12-4-5-13(2)15(10-12)21-17(22)11-16(18(21)23)20-8-6-14(7-9-20)19(24)25-3/h4-5,10,14,16H,6-9,11H2,1-3H3. The molecule has 1 aromatic carbocycles. The predicted molar refractivity (Wildman–Crippen MR) is 93.1 cm³/mol. The van der Waals surface area contributed by atoms with Crippen molar-refractivity contribution < 1.29 is 19.1 Å². The largest absolute Gasteiger partial charge is 0.469 e. The van der Waals surface area contributed by atoms with Crippen molar-refractivity contribution in [3.63, 3.8) is 0 Å². The number of benzene rings is 1. The molecule has 0 N–H and O–H groups in total. The fourth-order valence-corrected chi connectivity index (χ4v) is 3.73. The first-order valence-corrected chi connectivity index (χ1v) is 8.68. The van der Waals surface area contributed by atoms with Crippen LogP contribution in [-0.2, 0) is 19.1 Å². The smallest absolute Gasteiger partial charge is 0.308 e. The average Bonchev–Trinajstić information content (AvgIpc) is 2.91. The van der Waals surface area contributed by atoms with Crippen molar-refractivity contribution >= 4 is 23.5 Å². The molecule has 1 aromatic rings. The van der Waals surface area contributed by atoms with E-state index in [2.05, 4.69) is 0 Å². The Morgan fingerprint density at radius 2 is 1.84 bits per heavy atom. The van der Waals surface area contributed by atoms with E-state index in [1.807, 2.05) is 36.9 Å². The van der Waals surface area contributed by atoms with Crippen molar-refractivity contribution in [3.8, 4) is 0 Å². The summed E-state index contributed by atoms with van der Waals surface area (Å²) in [4.78, 5) is 40.5. The Morgan fingerprint density at radius 1 is 1.16 bits per heavy atom. The van der Waals surface area contributed by atoms with Crippen molar-refractivity contribution in [2.24, 2.45) is 5.92 Å². The highest BCUT2D eigenvalue weighted by molar-refractivity contribution is 6.22. The SMILES string of the molecule is COC(=O)C1CCN(C2CC(=O)N(c3cc(C)ccc3C)C2=O)CC1. The molecular weight excluding hydrogens is 320 g/mol. The van der Waals surface area contributed by atoms with Crippen molar-refractivity contribution in [2.75, 3.05) is 25.1 Å². The third-order valence-corrected chi connectivity index (χ3v) is 5.23. The Hall–Kier alpha value is -2.21. The number of esters is 1. The molecule has 2 amide bonds. The molecule has 0 saturated carbocycles. The quantitative estimate of drug-likeness (QED) is 0.618. The second-order valence-electron chi connectivity index (χ2n) is 6.91. The van der Waals surface area contributed by atoms with Gasteiger partial charge in [0, 0.05) is 0 Å². The summed E-state index contributed by atoms with van der Waals surface area (Å²) in [7, 11) is 1.40. The third kappa shape index (κ3) is 3.31. The van der Waals surface area contributed by atoms with Gasteiger partial charge in [-0.05, 0) is 57.0 Å². The molecule has 3 rings (SSSR count). The van der Waals surface area contributed by atoms with Crippen LogP contribution in [0.1, 0.15) is 30.4 Å². The summed E-state index contributed by atoms with van der Waals surface area (Å²) in [5, 5.41) is 0. The molecule has 134 valence electrons. The zero-order valence-electron chi connectivity index (χ0n) is 14.9. The first kappa shape index (κ1) is 17.6. The minimum absolute atomic E-state index is 0.108. The molecule has 2 fully saturated rings. The van der Waals surface area contributed by atoms with Crippen LogP contribution in [0, 0.1) is 19.8 Å². The molecule has 6 nitrogen and oxygen atoms in total. The van der Waals surface area contributed by atoms with Gasteiger partial charge in [0.15, 0.2) is 0 Å². The molecule has 2 heterocycles. The van der Waals surface area contributed by atoms with Gasteiger partial charge in [-0.25, -0.2) is 4.90 Å². The number of imide groups is 1. The van der Waals surface area contributed by atoms with Gasteiger partial charge in [-0.2, -0.15) is 0 Å². The number of ether oxygens (including phenoxy) is 1. The summed E-state index contributed by atoms with van der Waals surface area (Å²) < 4.78 is 4.80. The van der Waals surface area contributed by atoms with Gasteiger partial charge in [0.1, 0.15) is 0 Å². The van der Waals surface area contributed by atoms with Crippen LogP contribution in [0.2, 0.25) is 0 Å². The van der Waals surface area contributed by atoms with Crippen LogP contribution in [0.25, 0.3) is 0 Å². The van der Waals surface area contributed by atoms with E-state index >= 15 is 0 Å². The van der Waals surface area contributed by atoms with E-state index in [4.69, 9.17) is 4.74 Å². The van der Waals surface area contributed by atoms with Gasteiger partial charge in [0.25, 0.3) is 5.91 Å². The molecule has 2 aliphatic rings. The van der Waals surface area contributed by atoms with E-state index in [9.17, 15) is 14.4 Å². The van der Waals surface area contributed by atoms with Crippen LogP contribution in [0.3, 0.4) is 0 Å². The number of nitrogens with zero attached hydrogens (tertiary/aromatic N) is 2. The van der Waals surface area contributed by atoms with Crippen molar-refractivity contribution in [1.82, 2.24) is 4.90 Å². The summed E-state index contributed by atoms with van der Waals surface area (Å²) in [6.07, 6.45) is 1.53. The number of carbonyl (C=O) groups excluding carboxylic acids is 3. The van der Waals surface area contributed by atoms with E-state index in [1.165, 1.54) is 12.0 Å². The molecule has 0 radical (unpaired) electrons.